The van der Waals surface area contributed by atoms with Crippen molar-refractivity contribution in [1.29, 1.82) is 5.26 Å². The molecular weight excluding hydrogens is 663 g/mol. The van der Waals surface area contributed by atoms with Crippen LogP contribution in [0.5, 0.6) is 11.5 Å². The van der Waals surface area contributed by atoms with E-state index in [9.17, 15) is 5.26 Å². The average molecular weight is 715 g/mol. The van der Waals surface area contributed by atoms with Gasteiger partial charge in [0.2, 0.25) is 0 Å². The van der Waals surface area contributed by atoms with E-state index in [2.05, 4.69) is 50.3 Å². The number of methoxy groups -OCH3 is 2. The van der Waals surface area contributed by atoms with Crippen molar-refractivity contribution in [1.82, 2.24) is 4.67 Å². The van der Waals surface area contributed by atoms with Crippen LogP contribution >= 0.6 is 8.53 Å². The first kappa shape index (κ1) is 41.5. The van der Waals surface area contributed by atoms with E-state index < -0.39 is 19.5 Å². The van der Waals surface area contributed by atoms with Gasteiger partial charge in [-0.3, -0.25) is 0 Å². The van der Waals surface area contributed by atoms with E-state index in [-0.39, 0.29) is 64.8 Å². The fourth-order valence-electron chi connectivity index (χ4n) is 5.74. The number of benzene rings is 3. The lowest BCUT2D eigenvalue weighted by Gasteiger charge is -2.42. The summed E-state index contributed by atoms with van der Waals surface area (Å²) in [6.45, 7) is 9.25. The second kappa shape index (κ2) is 21.4. The highest BCUT2D eigenvalue weighted by Crippen LogP contribution is 2.48. The zero-order valence-electron chi connectivity index (χ0n) is 30.7. The summed E-state index contributed by atoms with van der Waals surface area (Å²) in [7, 11) is 1.68. The first-order valence-electron chi connectivity index (χ1n) is 16.9. The van der Waals surface area contributed by atoms with Gasteiger partial charge in [0.1, 0.15) is 30.3 Å². The summed E-state index contributed by atoms with van der Waals surface area (Å²) in [5.74, 6) is 6.56. The summed E-state index contributed by atoms with van der Waals surface area (Å²) < 4.78 is 45.6. The maximum atomic E-state index is 9.25. The Balaban J connectivity index is 2.20. The van der Waals surface area contributed by atoms with E-state index in [1.165, 1.54) is 0 Å². The standard InChI is InChI=1S/C41H51N2O7P/c1-9-26-46-29-40(30-47-27-10-2,32-50-51(49-28-14-25-42)43(33(3)4)34(5)6)31-48-41(35-15-12-11-13-16-35,36-17-21-38(44-7)22-18-36)37-19-23-39(45-8)24-20-37/h1-2,11-13,15-24,33-34H,14,26-32H2,3-8H3. The third-order valence-corrected chi connectivity index (χ3v) is 10.2. The number of hydrogen-bond donors (Lipinski definition) is 0. The molecule has 0 spiro atoms. The van der Waals surface area contributed by atoms with Crippen molar-refractivity contribution in [2.75, 3.05) is 60.5 Å². The monoisotopic (exact) mass is 714 g/mol. The molecule has 0 N–H and O–H groups in total. The van der Waals surface area contributed by atoms with Gasteiger partial charge in [0, 0.05) is 12.1 Å². The molecule has 51 heavy (non-hydrogen) atoms. The van der Waals surface area contributed by atoms with Gasteiger partial charge < -0.3 is 32.7 Å². The van der Waals surface area contributed by atoms with E-state index in [1.807, 2.05) is 78.9 Å². The van der Waals surface area contributed by atoms with Crippen LogP contribution in [0, 0.1) is 41.4 Å². The summed E-state index contributed by atoms with van der Waals surface area (Å²) in [4.78, 5) is 0. The Morgan fingerprint density at radius 3 is 1.61 bits per heavy atom. The normalized spacial score (nSPS) is 12.4. The summed E-state index contributed by atoms with van der Waals surface area (Å²) in [5, 5.41) is 9.25. The van der Waals surface area contributed by atoms with Crippen LogP contribution in [0.2, 0.25) is 0 Å². The Morgan fingerprint density at radius 1 is 0.686 bits per heavy atom. The fourth-order valence-corrected chi connectivity index (χ4v) is 7.47. The minimum atomic E-state index is -1.59. The lowest BCUT2D eigenvalue weighted by atomic mass is 9.79. The molecule has 3 rings (SSSR count). The molecular formula is C41H51N2O7P. The molecule has 3 aromatic carbocycles. The Morgan fingerprint density at radius 2 is 1.18 bits per heavy atom. The Labute approximate surface area is 306 Å². The minimum Gasteiger partial charge on any atom is -0.497 e. The summed E-state index contributed by atoms with van der Waals surface area (Å²) in [6, 6.07) is 28.1. The smallest absolute Gasteiger partial charge is 0.259 e. The number of nitriles is 1. The van der Waals surface area contributed by atoms with Gasteiger partial charge in [0.05, 0.1) is 65.2 Å². The van der Waals surface area contributed by atoms with Crippen LogP contribution in [0.4, 0.5) is 0 Å². The van der Waals surface area contributed by atoms with Crippen molar-refractivity contribution < 1.29 is 32.7 Å². The Hall–Kier alpha value is -3.94. The van der Waals surface area contributed by atoms with Gasteiger partial charge >= 0.3 is 0 Å². The summed E-state index contributed by atoms with van der Waals surface area (Å²) in [5.41, 5.74) is 0.620. The summed E-state index contributed by atoms with van der Waals surface area (Å²) >= 11 is 0. The molecule has 3 aromatic rings. The van der Waals surface area contributed by atoms with Crippen LogP contribution in [-0.4, -0.2) is 77.2 Å². The van der Waals surface area contributed by atoms with Crippen LogP contribution < -0.4 is 9.47 Å². The third kappa shape index (κ3) is 11.5. The lowest BCUT2D eigenvalue weighted by Crippen LogP contribution is -2.46. The first-order valence-corrected chi connectivity index (χ1v) is 18.1. The second-order valence-corrected chi connectivity index (χ2v) is 14.0. The molecule has 0 heterocycles. The first-order chi connectivity index (χ1) is 24.7. The van der Waals surface area contributed by atoms with Crippen molar-refractivity contribution in [3.63, 3.8) is 0 Å². The van der Waals surface area contributed by atoms with Gasteiger partial charge in [0.15, 0.2) is 0 Å². The van der Waals surface area contributed by atoms with Crippen molar-refractivity contribution >= 4 is 8.53 Å². The van der Waals surface area contributed by atoms with Gasteiger partial charge in [-0.25, -0.2) is 4.67 Å². The van der Waals surface area contributed by atoms with E-state index >= 15 is 0 Å². The number of hydrogen-bond acceptors (Lipinski definition) is 9. The fraction of sp³-hybridized carbons (Fsp3) is 0.439. The van der Waals surface area contributed by atoms with E-state index in [4.69, 9.17) is 45.6 Å². The van der Waals surface area contributed by atoms with Gasteiger partial charge in [0.25, 0.3) is 8.53 Å². The highest BCUT2D eigenvalue weighted by atomic mass is 31.2. The van der Waals surface area contributed by atoms with Crippen LogP contribution in [0.15, 0.2) is 78.9 Å². The molecule has 0 aromatic heterocycles. The Kier molecular flexibility index (Phi) is 17.4. The topological polar surface area (TPSA) is 91.6 Å². The quantitative estimate of drug-likeness (QED) is 0.0427. The number of terminal acetylenes is 2. The van der Waals surface area contributed by atoms with Crippen molar-refractivity contribution in [2.24, 2.45) is 5.41 Å². The molecule has 0 fully saturated rings. The van der Waals surface area contributed by atoms with E-state index in [0.717, 1.165) is 16.7 Å². The predicted octanol–water partition coefficient (Wildman–Crippen LogP) is 7.59. The molecule has 9 nitrogen and oxygen atoms in total. The van der Waals surface area contributed by atoms with Crippen molar-refractivity contribution in [2.45, 2.75) is 51.8 Å². The second-order valence-electron chi connectivity index (χ2n) is 12.5. The SMILES string of the molecule is C#CCOCC(COCC#C)(COP(OCCC#N)N(C(C)C)C(C)C)COC(c1ccccc1)(c1ccc(OC)cc1)c1ccc(OC)cc1. The molecule has 1 unspecified atom stereocenters. The van der Waals surface area contributed by atoms with E-state index in [1.54, 1.807) is 14.2 Å². The molecule has 1 atom stereocenters. The van der Waals surface area contributed by atoms with Crippen molar-refractivity contribution in [3.05, 3.63) is 95.6 Å². The zero-order valence-corrected chi connectivity index (χ0v) is 31.6. The predicted molar refractivity (Wildman–Crippen MR) is 201 cm³/mol. The van der Waals surface area contributed by atoms with Gasteiger partial charge in [-0.05, 0) is 68.7 Å². The molecule has 0 bridgehead atoms. The molecule has 0 aliphatic heterocycles. The van der Waals surface area contributed by atoms with Crippen LogP contribution in [-0.2, 0) is 28.9 Å². The van der Waals surface area contributed by atoms with E-state index in [0.29, 0.717) is 11.5 Å². The minimum absolute atomic E-state index is 0.0786. The van der Waals surface area contributed by atoms with Crippen LogP contribution in [0.25, 0.3) is 0 Å². The van der Waals surface area contributed by atoms with Crippen LogP contribution in [0.1, 0.15) is 50.8 Å². The molecule has 10 heteroatoms. The van der Waals surface area contributed by atoms with Gasteiger partial charge in [-0.15, -0.1) is 12.8 Å². The van der Waals surface area contributed by atoms with Gasteiger partial charge in [-0.2, -0.15) is 5.26 Å². The highest BCUT2D eigenvalue weighted by Gasteiger charge is 2.43. The van der Waals surface area contributed by atoms with Gasteiger partial charge in [-0.1, -0.05) is 66.4 Å². The zero-order chi connectivity index (χ0) is 37.1. The summed E-state index contributed by atoms with van der Waals surface area (Å²) in [6.07, 6.45) is 11.5. The van der Waals surface area contributed by atoms with Crippen molar-refractivity contribution in [3.8, 4) is 42.3 Å². The molecule has 0 saturated carbocycles. The number of rotatable bonds is 23. The molecule has 0 amide bonds. The number of nitrogens with zero attached hydrogens (tertiary/aromatic N) is 2. The maximum Gasteiger partial charge on any atom is 0.259 e. The lowest BCUT2D eigenvalue weighted by molar-refractivity contribution is -0.112. The molecule has 0 aliphatic carbocycles. The largest absolute Gasteiger partial charge is 0.497 e. The molecule has 0 saturated heterocycles. The maximum absolute atomic E-state index is 9.25. The molecule has 0 radical (unpaired) electrons. The average Bonchev–Trinajstić information content (AvgIpc) is 3.14. The molecule has 272 valence electrons. The number of ether oxygens (including phenoxy) is 5. The third-order valence-electron chi connectivity index (χ3n) is 8.10. The molecule has 0 aliphatic rings. The Bertz CT molecular complexity index is 1490. The highest BCUT2D eigenvalue weighted by molar-refractivity contribution is 7.44. The van der Waals surface area contributed by atoms with Crippen LogP contribution in [0.3, 0.4) is 0 Å².